The van der Waals surface area contributed by atoms with E-state index in [1.165, 1.54) is 12.8 Å². The van der Waals surface area contributed by atoms with Gasteiger partial charge in [-0.15, -0.1) is 0 Å². The van der Waals surface area contributed by atoms with Crippen molar-refractivity contribution in [3.63, 3.8) is 0 Å². The van der Waals surface area contributed by atoms with Crippen LogP contribution in [0.3, 0.4) is 0 Å². The first-order valence-electron chi connectivity index (χ1n) is 8.00. The topological polar surface area (TPSA) is 26.3 Å². The number of benzene rings is 1. The van der Waals surface area contributed by atoms with Gasteiger partial charge in [-0.05, 0) is 42.2 Å². The Balaban J connectivity index is 1.95. The normalized spacial score (nSPS) is 26.2. The molecule has 21 heavy (non-hydrogen) atoms. The van der Waals surface area contributed by atoms with Crippen LogP contribution in [0.25, 0.3) is 6.08 Å². The molecule has 1 saturated carbocycles. The Kier molecular flexibility index (Phi) is 5.60. The molecule has 1 aromatic carbocycles. The van der Waals surface area contributed by atoms with Gasteiger partial charge in [0.1, 0.15) is 6.10 Å². The molecule has 0 amide bonds. The minimum absolute atomic E-state index is 0.0710. The number of hydrogen-bond donors (Lipinski definition) is 0. The highest BCUT2D eigenvalue weighted by Gasteiger charge is 2.32. The summed E-state index contributed by atoms with van der Waals surface area (Å²) in [6.07, 6.45) is 6.84. The third kappa shape index (κ3) is 4.73. The van der Waals surface area contributed by atoms with Crippen LogP contribution in [0, 0.1) is 17.8 Å². The molecule has 1 aliphatic rings. The maximum atomic E-state index is 12.1. The average molecular weight is 286 g/mol. The van der Waals surface area contributed by atoms with Crippen molar-refractivity contribution in [3.05, 3.63) is 42.0 Å². The third-order valence-corrected chi connectivity index (χ3v) is 4.44. The number of esters is 1. The SMILES string of the molecule is CC(C)[C@@H]1CC[C@@H](C)CC1OC(=O)/C=C/c1ccccc1. The van der Waals surface area contributed by atoms with Crippen LogP contribution in [-0.2, 0) is 9.53 Å². The Bertz CT molecular complexity index is 476. The molecule has 2 rings (SSSR count). The molecule has 1 unspecified atom stereocenters. The molecule has 0 aliphatic heterocycles. The molecule has 0 heterocycles. The lowest BCUT2D eigenvalue weighted by Gasteiger charge is -2.36. The Morgan fingerprint density at radius 2 is 1.95 bits per heavy atom. The van der Waals surface area contributed by atoms with Crippen molar-refractivity contribution < 1.29 is 9.53 Å². The van der Waals surface area contributed by atoms with Crippen LogP contribution >= 0.6 is 0 Å². The third-order valence-electron chi connectivity index (χ3n) is 4.44. The molecule has 1 aromatic rings. The second-order valence-electron chi connectivity index (χ2n) is 6.55. The molecule has 114 valence electrons. The van der Waals surface area contributed by atoms with Crippen molar-refractivity contribution in [1.29, 1.82) is 0 Å². The Hall–Kier alpha value is -1.57. The second-order valence-corrected chi connectivity index (χ2v) is 6.55. The molecular weight excluding hydrogens is 260 g/mol. The summed E-state index contributed by atoms with van der Waals surface area (Å²) >= 11 is 0. The zero-order chi connectivity index (χ0) is 15.2. The van der Waals surface area contributed by atoms with E-state index in [0.29, 0.717) is 17.8 Å². The standard InChI is InChI=1S/C19H26O2/c1-14(2)17-11-9-15(3)13-18(17)21-19(20)12-10-16-7-5-4-6-8-16/h4-8,10,12,14-15,17-18H,9,11,13H2,1-3H3/b12-10+/t15-,17+,18?/m1/s1. The molecule has 0 aromatic heterocycles. The van der Waals surface area contributed by atoms with Gasteiger partial charge < -0.3 is 4.74 Å². The Morgan fingerprint density at radius 1 is 1.24 bits per heavy atom. The predicted molar refractivity (Wildman–Crippen MR) is 86.7 cm³/mol. The summed E-state index contributed by atoms with van der Waals surface area (Å²) in [5.74, 6) is 1.49. The smallest absolute Gasteiger partial charge is 0.331 e. The highest BCUT2D eigenvalue weighted by atomic mass is 16.5. The second kappa shape index (κ2) is 7.44. The summed E-state index contributed by atoms with van der Waals surface area (Å²) in [5, 5.41) is 0. The molecular formula is C19H26O2. The number of hydrogen-bond acceptors (Lipinski definition) is 2. The van der Waals surface area contributed by atoms with E-state index in [1.807, 2.05) is 36.4 Å². The molecule has 2 heteroatoms. The van der Waals surface area contributed by atoms with Gasteiger partial charge in [0.05, 0.1) is 0 Å². The van der Waals surface area contributed by atoms with Gasteiger partial charge in [0.15, 0.2) is 0 Å². The van der Waals surface area contributed by atoms with Crippen molar-refractivity contribution in [2.24, 2.45) is 17.8 Å². The van der Waals surface area contributed by atoms with Gasteiger partial charge in [-0.1, -0.05) is 57.5 Å². The summed E-state index contributed by atoms with van der Waals surface area (Å²) in [7, 11) is 0. The fourth-order valence-corrected chi connectivity index (χ4v) is 3.17. The summed E-state index contributed by atoms with van der Waals surface area (Å²) < 4.78 is 5.73. The molecule has 2 nitrogen and oxygen atoms in total. The van der Waals surface area contributed by atoms with E-state index >= 15 is 0 Å². The zero-order valence-corrected chi connectivity index (χ0v) is 13.3. The molecule has 1 fully saturated rings. The molecule has 0 bridgehead atoms. The summed E-state index contributed by atoms with van der Waals surface area (Å²) in [6.45, 7) is 6.69. The van der Waals surface area contributed by atoms with Crippen molar-refractivity contribution in [1.82, 2.24) is 0 Å². The van der Waals surface area contributed by atoms with Crippen LogP contribution in [0.2, 0.25) is 0 Å². The van der Waals surface area contributed by atoms with Gasteiger partial charge in [-0.2, -0.15) is 0 Å². The number of carbonyl (C=O) groups excluding carboxylic acids is 1. The van der Waals surface area contributed by atoms with E-state index in [9.17, 15) is 4.79 Å². The van der Waals surface area contributed by atoms with Crippen molar-refractivity contribution in [2.45, 2.75) is 46.1 Å². The quantitative estimate of drug-likeness (QED) is 0.592. The van der Waals surface area contributed by atoms with Gasteiger partial charge in [-0.3, -0.25) is 0 Å². The van der Waals surface area contributed by atoms with Gasteiger partial charge in [0.25, 0.3) is 0 Å². The summed E-state index contributed by atoms with van der Waals surface area (Å²) in [4.78, 5) is 12.1. The van der Waals surface area contributed by atoms with E-state index in [4.69, 9.17) is 4.74 Å². The van der Waals surface area contributed by atoms with Crippen molar-refractivity contribution in [2.75, 3.05) is 0 Å². The van der Waals surface area contributed by atoms with E-state index < -0.39 is 0 Å². The molecule has 1 aliphatic carbocycles. The van der Waals surface area contributed by atoms with E-state index in [2.05, 4.69) is 20.8 Å². The largest absolute Gasteiger partial charge is 0.459 e. The molecule has 0 saturated heterocycles. The molecule has 0 N–H and O–H groups in total. The average Bonchev–Trinajstić information content (AvgIpc) is 2.46. The van der Waals surface area contributed by atoms with E-state index in [-0.39, 0.29) is 12.1 Å². The number of ether oxygens (including phenoxy) is 1. The minimum atomic E-state index is -0.219. The van der Waals surface area contributed by atoms with Crippen molar-refractivity contribution >= 4 is 12.0 Å². The maximum Gasteiger partial charge on any atom is 0.331 e. The highest BCUT2D eigenvalue weighted by molar-refractivity contribution is 5.87. The van der Waals surface area contributed by atoms with Gasteiger partial charge >= 0.3 is 5.97 Å². The first-order valence-corrected chi connectivity index (χ1v) is 8.00. The summed E-state index contributed by atoms with van der Waals surface area (Å²) in [6, 6.07) is 9.84. The zero-order valence-electron chi connectivity index (χ0n) is 13.3. The first-order chi connectivity index (χ1) is 10.1. The van der Waals surface area contributed by atoms with Crippen molar-refractivity contribution in [3.8, 4) is 0 Å². The maximum absolute atomic E-state index is 12.1. The lowest BCUT2D eigenvalue weighted by Crippen LogP contribution is -2.35. The van der Waals surface area contributed by atoms with Crippen LogP contribution in [0.4, 0.5) is 0 Å². The minimum Gasteiger partial charge on any atom is -0.459 e. The van der Waals surface area contributed by atoms with Gasteiger partial charge in [0, 0.05) is 6.08 Å². The van der Waals surface area contributed by atoms with Crippen LogP contribution in [0.15, 0.2) is 36.4 Å². The van der Waals surface area contributed by atoms with E-state index in [1.54, 1.807) is 6.08 Å². The fraction of sp³-hybridized carbons (Fsp3) is 0.526. The summed E-state index contributed by atoms with van der Waals surface area (Å²) in [5.41, 5.74) is 1.02. The van der Waals surface area contributed by atoms with Gasteiger partial charge in [0.2, 0.25) is 0 Å². The van der Waals surface area contributed by atoms with Crippen LogP contribution in [-0.4, -0.2) is 12.1 Å². The Morgan fingerprint density at radius 3 is 2.62 bits per heavy atom. The molecule has 3 atom stereocenters. The number of rotatable bonds is 4. The number of carbonyl (C=O) groups is 1. The van der Waals surface area contributed by atoms with Crippen LogP contribution < -0.4 is 0 Å². The van der Waals surface area contributed by atoms with Crippen LogP contribution in [0.5, 0.6) is 0 Å². The fourth-order valence-electron chi connectivity index (χ4n) is 3.17. The molecule has 0 spiro atoms. The lowest BCUT2D eigenvalue weighted by molar-refractivity contribution is -0.149. The van der Waals surface area contributed by atoms with Gasteiger partial charge in [-0.25, -0.2) is 4.79 Å². The van der Waals surface area contributed by atoms with Crippen LogP contribution in [0.1, 0.15) is 45.6 Å². The van der Waals surface area contributed by atoms with E-state index in [0.717, 1.165) is 12.0 Å². The highest BCUT2D eigenvalue weighted by Crippen LogP contribution is 2.35. The first kappa shape index (κ1) is 15.8. The Labute approximate surface area is 128 Å². The monoisotopic (exact) mass is 286 g/mol. The lowest BCUT2D eigenvalue weighted by atomic mass is 9.75. The molecule has 0 radical (unpaired) electrons. The predicted octanol–water partition coefficient (Wildman–Crippen LogP) is 4.70.